The molecule has 1 saturated heterocycles. The molecular weight excluding hydrogens is 176 g/mol. The monoisotopic (exact) mass is 198 g/mol. The molecule has 1 atom stereocenters. The van der Waals surface area contributed by atoms with Gasteiger partial charge in [-0.2, -0.15) is 0 Å². The molecule has 0 aromatic carbocycles. The number of carbonyl (C=O) groups excluding carboxylic acids is 1. The zero-order valence-electron chi connectivity index (χ0n) is 9.14. The average Bonchev–Trinajstić information content (AvgIpc) is 2.18. The van der Waals surface area contributed by atoms with Crippen molar-refractivity contribution in [3.05, 3.63) is 0 Å². The molecule has 1 aliphatic heterocycles. The van der Waals surface area contributed by atoms with Gasteiger partial charge < -0.3 is 10.6 Å². The highest BCUT2D eigenvalue weighted by atomic mass is 16.1. The van der Waals surface area contributed by atoms with Crippen LogP contribution in [0, 0.1) is 0 Å². The van der Waals surface area contributed by atoms with Crippen molar-refractivity contribution < 1.29 is 4.79 Å². The largest absolute Gasteiger partial charge is 0.356 e. The summed E-state index contributed by atoms with van der Waals surface area (Å²) in [6, 6.07) is 0.737. The van der Waals surface area contributed by atoms with Crippen molar-refractivity contribution in [2.75, 3.05) is 13.1 Å². The van der Waals surface area contributed by atoms with Crippen molar-refractivity contribution in [1.82, 2.24) is 10.6 Å². The van der Waals surface area contributed by atoms with Gasteiger partial charge in [-0.1, -0.05) is 12.8 Å². The molecule has 82 valence electrons. The minimum absolute atomic E-state index is 0.0841. The van der Waals surface area contributed by atoms with E-state index in [2.05, 4.69) is 10.6 Å². The Morgan fingerprint density at radius 2 is 2.29 bits per heavy atom. The smallest absolute Gasteiger partial charge is 0.216 e. The van der Waals surface area contributed by atoms with Crippen molar-refractivity contribution in [2.45, 2.75) is 51.5 Å². The van der Waals surface area contributed by atoms with Crippen molar-refractivity contribution in [2.24, 2.45) is 0 Å². The zero-order chi connectivity index (χ0) is 10.2. The third kappa shape index (κ3) is 5.22. The Hall–Kier alpha value is -0.570. The van der Waals surface area contributed by atoms with Gasteiger partial charge in [0.25, 0.3) is 0 Å². The van der Waals surface area contributed by atoms with Crippen LogP contribution in [0.2, 0.25) is 0 Å². The predicted octanol–water partition coefficient (Wildman–Crippen LogP) is 1.43. The van der Waals surface area contributed by atoms with Gasteiger partial charge in [0.15, 0.2) is 0 Å². The van der Waals surface area contributed by atoms with Crippen LogP contribution in [0.5, 0.6) is 0 Å². The molecule has 1 amide bonds. The molecule has 1 rings (SSSR count). The van der Waals surface area contributed by atoms with E-state index in [9.17, 15) is 4.79 Å². The summed E-state index contributed by atoms with van der Waals surface area (Å²) in [6.45, 7) is 3.60. The highest BCUT2D eigenvalue weighted by molar-refractivity contribution is 5.72. The highest BCUT2D eigenvalue weighted by Crippen LogP contribution is 2.12. The molecule has 1 aliphatic rings. The van der Waals surface area contributed by atoms with E-state index in [-0.39, 0.29) is 5.91 Å². The normalized spacial score (nSPS) is 21.9. The second-order valence-electron chi connectivity index (χ2n) is 4.13. The zero-order valence-corrected chi connectivity index (χ0v) is 9.14. The molecule has 0 aromatic rings. The number of rotatable bonds is 5. The fourth-order valence-electron chi connectivity index (χ4n) is 1.95. The molecule has 0 aromatic heterocycles. The van der Waals surface area contributed by atoms with Gasteiger partial charge in [-0.25, -0.2) is 0 Å². The maximum Gasteiger partial charge on any atom is 0.216 e. The Morgan fingerprint density at radius 3 is 2.93 bits per heavy atom. The minimum atomic E-state index is 0.0841. The maximum absolute atomic E-state index is 10.6. The second-order valence-corrected chi connectivity index (χ2v) is 4.13. The SMILES string of the molecule is CC(=O)NCCCCC1CCCCN1. The molecule has 1 unspecified atom stereocenters. The lowest BCUT2D eigenvalue weighted by molar-refractivity contribution is -0.118. The van der Waals surface area contributed by atoms with Gasteiger partial charge in [-0.3, -0.25) is 4.79 Å². The summed E-state index contributed by atoms with van der Waals surface area (Å²) < 4.78 is 0. The molecule has 1 heterocycles. The number of unbranched alkanes of at least 4 members (excludes halogenated alkanes) is 1. The molecular formula is C11H22N2O. The summed E-state index contributed by atoms with van der Waals surface area (Å²) in [5.74, 6) is 0.0841. The van der Waals surface area contributed by atoms with Crippen molar-refractivity contribution >= 4 is 5.91 Å². The summed E-state index contributed by atoms with van der Waals surface area (Å²) in [7, 11) is 0. The standard InChI is InChI=1S/C11H22N2O/c1-10(14)12-8-4-2-6-11-7-3-5-9-13-11/h11,13H,2-9H2,1H3,(H,12,14). The molecule has 0 saturated carbocycles. The van der Waals surface area contributed by atoms with Crippen LogP contribution >= 0.6 is 0 Å². The van der Waals surface area contributed by atoms with Crippen molar-refractivity contribution in [3.8, 4) is 0 Å². The number of carbonyl (C=O) groups is 1. The third-order valence-corrected chi connectivity index (χ3v) is 2.77. The van der Waals surface area contributed by atoms with Crippen LogP contribution in [0.1, 0.15) is 45.4 Å². The first-order valence-electron chi connectivity index (χ1n) is 5.77. The van der Waals surface area contributed by atoms with Crippen LogP contribution in [-0.2, 0) is 4.79 Å². The van der Waals surface area contributed by atoms with E-state index in [1.54, 1.807) is 6.92 Å². The van der Waals surface area contributed by atoms with E-state index in [1.807, 2.05) is 0 Å². The van der Waals surface area contributed by atoms with E-state index < -0.39 is 0 Å². The van der Waals surface area contributed by atoms with E-state index in [1.165, 1.54) is 38.6 Å². The fraction of sp³-hybridized carbons (Fsp3) is 0.909. The number of hydrogen-bond acceptors (Lipinski definition) is 2. The third-order valence-electron chi connectivity index (χ3n) is 2.77. The minimum Gasteiger partial charge on any atom is -0.356 e. The number of piperidine rings is 1. The average molecular weight is 198 g/mol. The van der Waals surface area contributed by atoms with Crippen LogP contribution in [0.4, 0.5) is 0 Å². The topological polar surface area (TPSA) is 41.1 Å². The fourth-order valence-corrected chi connectivity index (χ4v) is 1.95. The van der Waals surface area contributed by atoms with Gasteiger partial charge in [-0.05, 0) is 32.2 Å². The first kappa shape index (κ1) is 11.5. The number of amides is 1. The van der Waals surface area contributed by atoms with Gasteiger partial charge in [0.05, 0.1) is 0 Å². The Balaban J connectivity index is 1.90. The van der Waals surface area contributed by atoms with Crippen LogP contribution in [0.25, 0.3) is 0 Å². The van der Waals surface area contributed by atoms with Gasteiger partial charge in [0, 0.05) is 19.5 Å². The Labute approximate surface area is 86.6 Å². The molecule has 2 N–H and O–H groups in total. The van der Waals surface area contributed by atoms with Gasteiger partial charge in [0.2, 0.25) is 5.91 Å². The van der Waals surface area contributed by atoms with Crippen molar-refractivity contribution in [1.29, 1.82) is 0 Å². The first-order valence-corrected chi connectivity index (χ1v) is 5.77. The van der Waals surface area contributed by atoms with E-state index in [0.717, 1.165) is 19.0 Å². The molecule has 0 spiro atoms. The Kier molecular flexibility index (Phi) is 5.60. The maximum atomic E-state index is 10.6. The molecule has 14 heavy (non-hydrogen) atoms. The predicted molar refractivity (Wildman–Crippen MR) is 58.2 cm³/mol. The summed E-state index contributed by atoms with van der Waals surface area (Å²) >= 11 is 0. The van der Waals surface area contributed by atoms with E-state index in [0.29, 0.717) is 0 Å². The first-order chi connectivity index (χ1) is 6.79. The van der Waals surface area contributed by atoms with Gasteiger partial charge >= 0.3 is 0 Å². The van der Waals surface area contributed by atoms with Gasteiger partial charge in [-0.15, -0.1) is 0 Å². The Morgan fingerprint density at radius 1 is 1.43 bits per heavy atom. The number of hydrogen-bond donors (Lipinski definition) is 2. The summed E-state index contributed by atoms with van der Waals surface area (Å²) in [6.07, 6.45) is 7.64. The lowest BCUT2D eigenvalue weighted by Gasteiger charge is -2.23. The van der Waals surface area contributed by atoms with Crippen LogP contribution in [-0.4, -0.2) is 25.0 Å². The summed E-state index contributed by atoms with van der Waals surface area (Å²) in [5, 5.41) is 6.36. The summed E-state index contributed by atoms with van der Waals surface area (Å²) in [5.41, 5.74) is 0. The quantitative estimate of drug-likeness (QED) is 0.656. The lowest BCUT2D eigenvalue weighted by atomic mass is 10.00. The molecule has 0 radical (unpaired) electrons. The lowest BCUT2D eigenvalue weighted by Crippen LogP contribution is -2.33. The van der Waals surface area contributed by atoms with Crippen LogP contribution in [0.15, 0.2) is 0 Å². The summed E-state index contributed by atoms with van der Waals surface area (Å²) in [4.78, 5) is 10.6. The van der Waals surface area contributed by atoms with Crippen molar-refractivity contribution in [3.63, 3.8) is 0 Å². The molecule has 0 bridgehead atoms. The molecule has 3 nitrogen and oxygen atoms in total. The van der Waals surface area contributed by atoms with Crippen LogP contribution < -0.4 is 10.6 Å². The van der Waals surface area contributed by atoms with Gasteiger partial charge in [0.1, 0.15) is 0 Å². The molecule has 0 aliphatic carbocycles. The Bertz CT molecular complexity index is 165. The second kappa shape index (κ2) is 6.82. The van der Waals surface area contributed by atoms with Crippen LogP contribution in [0.3, 0.4) is 0 Å². The highest BCUT2D eigenvalue weighted by Gasteiger charge is 2.11. The number of nitrogens with one attached hydrogen (secondary N) is 2. The molecule has 3 heteroatoms. The molecule has 1 fully saturated rings. The van der Waals surface area contributed by atoms with E-state index in [4.69, 9.17) is 0 Å². The van der Waals surface area contributed by atoms with E-state index >= 15 is 0 Å².